The first-order valence-corrected chi connectivity index (χ1v) is 10.5. The van der Waals surface area contributed by atoms with Gasteiger partial charge >= 0.3 is 6.36 Å². The van der Waals surface area contributed by atoms with E-state index in [0.717, 1.165) is 12.1 Å². The van der Waals surface area contributed by atoms with Crippen LogP contribution in [0.1, 0.15) is 5.56 Å². The average molecular weight is 496 g/mol. The van der Waals surface area contributed by atoms with Crippen LogP contribution in [0.5, 0.6) is 5.75 Å². The zero-order valence-corrected chi connectivity index (χ0v) is 19.1. The molecular formula is C25H19F3N4O4. The Hall–Kier alpha value is -4.67. The summed E-state index contributed by atoms with van der Waals surface area (Å²) in [7, 11) is 3.53. The molecule has 1 aromatic heterocycles. The Morgan fingerprint density at radius 1 is 1.06 bits per heavy atom. The molecule has 4 rings (SSSR count). The molecule has 0 atom stereocenters. The lowest BCUT2D eigenvalue weighted by atomic mass is 10.1. The minimum absolute atomic E-state index is 0.139. The molecule has 0 saturated carbocycles. The third kappa shape index (κ3) is 5.19. The van der Waals surface area contributed by atoms with Gasteiger partial charge in [-0.2, -0.15) is 0 Å². The Kier molecular flexibility index (Phi) is 6.47. The van der Waals surface area contributed by atoms with Crippen molar-refractivity contribution in [2.24, 2.45) is 0 Å². The molecule has 11 heteroatoms. The number of fused-ring (bicyclic) bond motifs is 1. The molecule has 0 bridgehead atoms. The van der Waals surface area contributed by atoms with E-state index < -0.39 is 22.6 Å². The second-order valence-corrected chi connectivity index (χ2v) is 7.94. The predicted molar refractivity (Wildman–Crippen MR) is 129 cm³/mol. The van der Waals surface area contributed by atoms with Gasteiger partial charge in [-0.25, -0.2) is 4.98 Å². The third-order valence-corrected chi connectivity index (χ3v) is 5.14. The van der Waals surface area contributed by atoms with Gasteiger partial charge in [-0.15, -0.1) is 13.2 Å². The van der Waals surface area contributed by atoms with Gasteiger partial charge in [0.05, 0.1) is 27.1 Å². The quantitative estimate of drug-likeness (QED) is 0.263. The highest BCUT2D eigenvalue weighted by Gasteiger charge is 2.31. The number of rotatable bonds is 6. The summed E-state index contributed by atoms with van der Waals surface area (Å²) in [6, 6.07) is 15.8. The summed E-state index contributed by atoms with van der Waals surface area (Å²) in [5.74, 6) is -0.279. The van der Waals surface area contributed by atoms with Crippen molar-refractivity contribution in [1.82, 2.24) is 14.5 Å². The van der Waals surface area contributed by atoms with Crippen molar-refractivity contribution < 1.29 is 22.8 Å². The Morgan fingerprint density at radius 2 is 1.75 bits per heavy atom. The molecular weight excluding hydrogens is 477 g/mol. The molecule has 8 nitrogen and oxygen atoms in total. The van der Waals surface area contributed by atoms with Gasteiger partial charge in [-0.05, 0) is 60.8 Å². The van der Waals surface area contributed by atoms with Gasteiger partial charge in [0.15, 0.2) is 0 Å². The van der Waals surface area contributed by atoms with Gasteiger partial charge in [0.25, 0.3) is 11.2 Å². The fourth-order valence-corrected chi connectivity index (χ4v) is 3.59. The van der Waals surface area contributed by atoms with Crippen LogP contribution in [0.25, 0.3) is 34.1 Å². The number of alkyl halides is 3. The first-order valence-electron chi connectivity index (χ1n) is 10.5. The standard InChI is InChI=1S/C25H19F3N4O4/c1-30(2)14-13-16-15-17(7-12-22(16)32(34)35)23-29-21-6-4-3-5-20(21)24(33)31(23)18-8-10-19(11-9-18)36-25(26,27)28/h3-15H,1-2H3/b14-13+. The molecule has 0 spiro atoms. The van der Waals surface area contributed by atoms with Crippen molar-refractivity contribution in [3.05, 3.63) is 99.0 Å². The van der Waals surface area contributed by atoms with Crippen LogP contribution in [0.4, 0.5) is 18.9 Å². The lowest BCUT2D eigenvalue weighted by Gasteiger charge is -2.15. The number of hydrogen-bond acceptors (Lipinski definition) is 6. The van der Waals surface area contributed by atoms with Gasteiger partial charge < -0.3 is 9.64 Å². The van der Waals surface area contributed by atoms with Gasteiger partial charge in [0.2, 0.25) is 0 Å². The summed E-state index contributed by atoms with van der Waals surface area (Å²) >= 11 is 0. The zero-order chi connectivity index (χ0) is 26.0. The van der Waals surface area contributed by atoms with Crippen molar-refractivity contribution >= 4 is 22.7 Å². The minimum atomic E-state index is -4.86. The Labute approximate surface area is 202 Å². The molecule has 1 heterocycles. The molecule has 36 heavy (non-hydrogen) atoms. The fourth-order valence-electron chi connectivity index (χ4n) is 3.59. The molecule has 4 aromatic rings. The van der Waals surface area contributed by atoms with Crippen LogP contribution < -0.4 is 10.3 Å². The second-order valence-electron chi connectivity index (χ2n) is 7.94. The van der Waals surface area contributed by atoms with Gasteiger partial charge in [-0.1, -0.05) is 12.1 Å². The number of nitrogens with zero attached hydrogens (tertiary/aromatic N) is 4. The molecule has 0 fully saturated rings. The summed E-state index contributed by atoms with van der Waals surface area (Å²) < 4.78 is 42.9. The number of halogens is 3. The first kappa shape index (κ1) is 24.5. The summed E-state index contributed by atoms with van der Waals surface area (Å²) in [5, 5.41) is 11.9. The average Bonchev–Trinajstić information content (AvgIpc) is 2.82. The number of ether oxygens (including phenoxy) is 1. The maximum atomic E-state index is 13.5. The van der Waals surface area contributed by atoms with Gasteiger partial charge in [0.1, 0.15) is 11.6 Å². The molecule has 0 aliphatic carbocycles. The summed E-state index contributed by atoms with van der Waals surface area (Å²) in [6.45, 7) is 0. The zero-order valence-electron chi connectivity index (χ0n) is 19.1. The van der Waals surface area contributed by atoms with Gasteiger partial charge in [0, 0.05) is 25.7 Å². The van der Waals surface area contributed by atoms with Crippen LogP contribution in [0.15, 0.2) is 77.7 Å². The molecule has 0 N–H and O–H groups in total. The highest BCUT2D eigenvalue weighted by atomic mass is 19.4. The predicted octanol–water partition coefficient (Wildman–Crippen LogP) is 5.39. The largest absolute Gasteiger partial charge is 0.573 e. The second kappa shape index (κ2) is 9.53. The third-order valence-electron chi connectivity index (χ3n) is 5.14. The SMILES string of the molecule is CN(C)/C=C/c1cc(-c2nc3ccccc3c(=O)n2-c2ccc(OC(F)(F)F)cc2)ccc1[N+](=O)[O-]. The smallest absolute Gasteiger partial charge is 0.406 e. The van der Waals surface area contributed by atoms with Crippen LogP contribution in [0, 0.1) is 10.1 Å². The number of hydrogen-bond donors (Lipinski definition) is 0. The van der Waals surface area contributed by atoms with E-state index in [2.05, 4.69) is 9.72 Å². The van der Waals surface area contributed by atoms with Crippen molar-refractivity contribution in [2.45, 2.75) is 6.36 Å². The molecule has 0 aliphatic heterocycles. The van der Waals surface area contributed by atoms with Crippen LogP contribution in [0.3, 0.4) is 0 Å². The molecule has 0 unspecified atom stereocenters. The Balaban J connectivity index is 1.95. The van der Waals surface area contributed by atoms with E-state index in [1.807, 2.05) is 0 Å². The van der Waals surface area contributed by atoms with Gasteiger partial charge in [-0.3, -0.25) is 19.5 Å². The topological polar surface area (TPSA) is 90.5 Å². The van der Waals surface area contributed by atoms with Crippen molar-refractivity contribution in [3.8, 4) is 22.8 Å². The maximum absolute atomic E-state index is 13.5. The van der Waals surface area contributed by atoms with E-state index in [9.17, 15) is 28.1 Å². The fraction of sp³-hybridized carbons (Fsp3) is 0.120. The van der Waals surface area contributed by atoms with Crippen LogP contribution >= 0.6 is 0 Å². The Bertz CT molecular complexity index is 1530. The Morgan fingerprint density at radius 3 is 2.39 bits per heavy atom. The van der Waals surface area contributed by atoms with Crippen LogP contribution in [-0.2, 0) is 0 Å². The summed E-state index contributed by atoms with van der Waals surface area (Å²) in [5.41, 5.74) is 0.733. The van der Waals surface area contributed by atoms with E-state index in [1.54, 1.807) is 55.5 Å². The van der Waals surface area contributed by atoms with E-state index in [0.29, 0.717) is 16.5 Å². The monoisotopic (exact) mass is 496 g/mol. The number of aromatic nitrogens is 2. The highest BCUT2D eigenvalue weighted by Crippen LogP contribution is 2.30. The van der Waals surface area contributed by atoms with Crippen molar-refractivity contribution in [3.63, 3.8) is 0 Å². The van der Waals surface area contributed by atoms with Crippen molar-refractivity contribution in [2.75, 3.05) is 14.1 Å². The summed E-state index contributed by atoms with van der Waals surface area (Å²) in [6.07, 6.45) is -1.65. The molecule has 0 aliphatic rings. The minimum Gasteiger partial charge on any atom is -0.406 e. The normalized spacial score (nSPS) is 11.7. The molecule has 0 saturated heterocycles. The molecule has 184 valence electrons. The first-order chi connectivity index (χ1) is 17.0. The summed E-state index contributed by atoms with van der Waals surface area (Å²) in [4.78, 5) is 30.9. The van der Waals surface area contributed by atoms with E-state index in [1.165, 1.54) is 34.9 Å². The van der Waals surface area contributed by atoms with E-state index in [4.69, 9.17) is 0 Å². The lowest BCUT2D eigenvalue weighted by Crippen LogP contribution is -2.22. The molecule has 3 aromatic carbocycles. The number of para-hydroxylation sites is 1. The maximum Gasteiger partial charge on any atom is 0.573 e. The number of nitro benzene ring substituents is 1. The van der Waals surface area contributed by atoms with Crippen molar-refractivity contribution in [1.29, 1.82) is 0 Å². The number of nitro groups is 1. The molecule has 0 radical (unpaired) electrons. The number of benzene rings is 3. The van der Waals surface area contributed by atoms with Crippen LogP contribution in [0.2, 0.25) is 0 Å². The lowest BCUT2D eigenvalue weighted by molar-refractivity contribution is -0.385. The van der Waals surface area contributed by atoms with Crippen LogP contribution in [-0.4, -0.2) is 39.8 Å². The van der Waals surface area contributed by atoms with E-state index >= 15 is 0 Å². The molecule has 0 amide bonds. The van der Waals surface area contributed by atoms with E-state index in [-0.39, 0.29) is 22.8 Å². The highest BCUT2D eigenvalue weighted by molar-refractivity contribution is 5.81.